The molecule has 20 heavy (non-hydrogen) atoms. The van der Waals surface area contributed by atoms with E-state index in [9.17, 15) is 9.18 Å². The predicted octanol–water partition coefficient (Wildman–Crippen LogP) is 3.87. The van der Waals surface area contributed by atoms with E-state index in [0.717, 1.165) is 43.2 Å². The van der Waals surface area contributed by atoms with Crippen molar-refractivity contribution in [3.63, 3.8) is 0 Å². The summed E-state index contributed by atoms with van der Waals surface area (Å²) in [6.45, 7) is 3.87. The maximum absolute atomic E-state index is 13.8. The minimum absolute atomic E-state index is 0.192. The van der Waals surface area contributed by atoms with E-state index in [1.165, 1.54) is 6.07 Å². The molecule has 0 saturated carbocycles. The third-order valence-corrected chi connectivity index (χ3v) is 4.73. The van der Waals surface area contributed by atoms with Gasteiger partial charge in [-0.05, 0) is 56.1 Å². The second kappa shape index (κ2) is 6.81. The Labute approximate surface area is 128 Å². The first-order valence-corrected chi connectivity index (χ1v) is 8.05. The highest BCUT2D eigenvalue weighted by Crippen LogP contribution is 2.36. The number of nitrogens with one attached hydrogen (secondary N) is 1. The zero-order valence-corrected chi connectivity index (χ0v) is 13.4. The molecule has 1 aliphatic heterocycles. The maximum atomic E-state index is 13.8. The highest BCUT2D eigenvalue weighted by molar-refractivity contribution is 9.10. The van der Waals surface area contributed by atoms with Gasteiger partial charge in [0.15, 0.2) is 0 Å². The van der Waals surface area contributed by atoms with Gasteiger partial charge < -0.3 is 5.32 Å². The van der Waals surface area contributed by atoms with Gasteiger partial charge in [0, 0.05) is 16.3 Å². The number of halogens is 2. The monoisotopic (exact) mass is 341 g/mol. The Morgan fingerprint density at radius 1 is 1.40 bits per heavy atom. The van der Waals surface area contributed by atoms with E-state index in [0.29, 0.717) is 5.56 Å². The van der Waals surface area contributed by atoms with Gasteiger partial charge >= 0.3 is 0 Å². The summed E-state index contributed by atoms with van der Waals surface area (Å²) < 4.78 is 14.6. The van der Waals surface area contributed by atoms with Crippen LogP contribution in [0, 0.1) is 11.2 Å². The van der Waals surface area contributed by atoms with Gasteiger partial charge in [-0.25, -0.2) is 4.39 Å². The highest BCUT2D eigenvalue weighted by atomic mass is 79.9. The minimum Gasteiger partial charge on any atom is -0.317 e. The topological polar surface area (TPSA) is 29.1 Å². The first kappa shape index (κ1) is 15.6. The van der Waals surface area contributed by atoms with E-state index in [-0.39, 0.29) is 23.4 Å². The lowest BCUT2D eigenvalue weighted by Gasteiger charge is -2.36. The normalized spacial score (nSPS) is 17.9. The van der Waals surface area contributed by atoms with Crippen LogP contribution in [-0.2, 0) is 11.2 Å². The standard InChI is InChI=1S/C16H21BrFNO/c1-2-5-16(6-8-19-9-7-16)15(20)11-12-10-13(17)3-4-14(12)18/h3-4,10,19H,2,5-9,11H2,1H3. The molecule has 0 amide bonds. The summed E-state index contributed by atoms with van der Waals surface area (Å²) in [6.07, 6.45) is 3.84. The Kier molecular flexibility index (Phi) is 5.33. The molecule has 1 N–H and O–H groups in total. The molecule has 2 nitrogen and oxygen atoms in total. The van der Waals surface area contributed by atoms with Crippen molar-refractivity contribution in [2.75, 3.05) is 13.1 Å². The number of rotatable bonds is 5. The highest BCUT2D eigenvalue weighted by Gasteiger charge is 2.38. The molecule has 0 aliphatic carbocycles. The van der Waals surface area contributed by atoms with Gasteiger partial charge in [0.1, 0.15) is 11.6 Å². The average molecular weight is 342 g/mol. The lowest BCUT2D eigenvalue weighted by Crippen LogP contribution is -2.42. The Morgan fingerprint density at radius 3 is 2.75 bits per heavy atom. The summed E-state index contributed by atoms with van der Waals surface area (Å²) in [4.78, 5) is 12.7. The van der Waals surface area contributed by atoms with Gasteiger partial charge in [-0.2, -0.15) is 0 Å². The predicted molar refractivity (Wildman–Crippen MR) is 82.3 cm³/mol. The van der Waals surface area contributed by atoms with Crippen molar-refractivity contribution in [1.29, 1.82) is 0 Å². The van der Waals surface area contributed by atoms with E-state index < -0.39 is 0 Å². The van der Waals surface area contributed by atoms with Gasteiger partial charge in [0.2, 0.25) is 0 Å². The van der Waals surface area contributed by atoms with Crippen LogP contribution in [0.4, 0.5) is 4.39 Å². The second-order valence-electron chi connectivity index (χ2n) is 5.62. The fourth-order valence-corrected chi connectivity index (χ4v) is 3.50. The average Bonchev–Trinajstić information content (AvgIpc) is 2.44. The molecule has 1 aromatic rings. The smallest absolute Gasteiger partial charge is 0.143 e. The van der Waals surface area contributed by atoms with Crippen molar-refractivity contribution in [1.82, 2.24) is 5.32 Å². The van der Waals surface area contributed by atoms with E-state index in [1.807, 2.05) is 0 Å². The third-order valence-electron chi connectivity index (χ3n) is 4.24. The molecule has 1 heterocycles. The van der Waals surface area contributed by atoms with Crippen LogP contribution in [0.2, 0.25) is 0 Å². The molecular weight excluding hydrogens is 321 g/mol. The number of benzene rings is 1. The van der Waals surface area contributed by atoms with E-state index >= 15 is 0 Å². The van der Waals surface area contributed by atoms with Crippen LogP contribution in [-0.4, -0.2) is 18.9 Å². The zero-order chi connectivity index (χ0) is 14.6. The van der Waals surface area contributed by atoms with Crippen LogP contribution in [0.3, 0.4) is 0 Å². The molecule has 0 spiro atoms. The Balaban J connectivity index is 2.18. The molecule has 1 aliphatic rings. The fraction of sp³-hybridized carbons (Fsp3) is 0.562. The molecule has 0 bridgehead atoms. The quantitative estimate of drug-likeness (QED) is 0.880. The Hall–Kier alpha value is -0.740. The van der Waals surface area contributed by atoms with Gasteiger partial charge in [0.05, 0.1) is 0 Å². The first-order valence-electron chi connectivity index (χ1n) is 7.25. The van der Waals surface area contributed by atoms with E-state index in [1.54, 1.807) is 12.1 Å². The number of piperidine rings is 1. The van der Waals surface area contributed by atoms with Gasteiger partial charge in [0.25, 0.3) is 0 Å². The van der Waals surface area contributed by atoms with Gasteiger partial charge in [-0.15, -0.1) is 0 Å². The number of carbonyl (C=O) groups is 1. The number of Topliss-reactive ketones (excluding diaryl/α,β-unsaturated/α-hetero) is 1. The first-order chi connectivity index (χ1) is 9.57. The molecule has 1 saturated heterocycles. The van der Waals surface area contributed by atoms with E-state index in [2.05, 4.69) is 28.2 Å². The van der Waals surface area contributed by atoms with Crippen molar-refractivity contribution >= 4 is 21.7 Å². The zero-order valence-electron chi connectivity index (χ0n) is 11.8. The van der Waals surface area contributed by atoms with Crippen molar-refractivity contribution in [2.24, 2.45) is 5.41 Å². The van der Waals surface area contributed by atoms with Crippen LogP contribution in [0.1, 0.15) is 38.2 Å². The molecular formula is C16H21BrFNO. The molecule has 1 fully saturated rings. The SMILES string of the molecule is CCCC1(C(=O)Cc2cc(Br)ccc2F)CCNCC1. The second-order valence-corrected chi connectivity index (χ2v) is 6.53. The summed E-state index contributed by atoms with van der Waals surface area (Å²) in [7, 11) is 0. The largest absolute Gasteiger partial charge is 0.317 e. The molecule has 1 aromatic carbocycles. The molecule has 0 atom stereocenters. The van der Waals surface area contributed by atoms with Crippen molar-refractivity contribution in [2.45, 2.75) is 39.0 Å². The van der Waals surface area contributed by atoms with Crippen molar-refractivity contribution in [3.05, 3.63) is 34.1 Å². The Bertz CT molecular complexity index is 478. The van der Waals surface area contributed by atoms with Gasteiger partial charge in [-0.1, -0.05) is 29.3 Å². The van der Waals surface area contributed by atoms with Crippen molar-refractivity contribution in [3.8, 4) is 0 Å². The van der Waals surface area contributed by atoms with E-state index in [4.69, 9.17) is 0 Å². The summed E-state index contributed by atoms with van der Waals surface area (Å²) in [5.74, 6) is -0.0972. The summed E-state index contributed by atoms with van der Waals surface area (Å²) in [5, 5.41) is 3.30. The third kappa shape index (κ3) is 3.47. The van der Waals surface area contributed by atoms with Crippen LogP contribution in [0.25, 0.3) is 0 Å². The molecule has 0 aromatic heterocycles. The van der Waals surface area contributed by atoms with Crippen LogP contribution >= 0.6 is 15.9 Å². The molecule has 2 rings (SSSR count). The lowest BCUT2D eigenvalue weighted by atomic mass is 9.70. The lowest BCUT2D eigenvalue weighted by molar-refractivity contribution is -0.130. The molecule has 110 valence electrons. The number of carbonyl (C=O) groups excluding carboxylic acids is 1. The van der Waals surface area contributed by atoms with Crippen LogP contribution in [0.15, 0.2) is 22.7 Å². The molecule has 0 unspecified atom stereocenters. The summed E-state index contributed by atoms with van der Waals surface area (Å²) in [6, 6.07) is 4.80. The maximum Gasteiger partial charge on any atom is 0.143 e. The number of hydrogen-bond donors (Lipinski definition) is 1. The molecule has 4 heteroatoms. The fourth-order valence-electron chi connectivity index (χ4n) is 3.09. The summed E-state index contributed by atoms with van der Waals surface area (Å²) >= 11 is 3.34. The van der Waals surface area contributed by atoms with Crippen molar-refractivity contribution < 1.29 is 9.18 Å². The van der Waals surface area contributed by atoms with Gasteiger partial charge in [-0.3, -0.25) is 4.79 Å². The summed E-state index contributed by atoms with van der Waals surface area (Å²) in [5.41, 5.74) is 0.243. The molecule has 0 radical (unpaired) electrons. The minimum atomic E-state index is -0.290. The number of hydrogen-bond acceptors (Lipinski definition) is 2. The van der Waals surface area contributed by atoms with Crippen LogP contribution in [0.5, 0.6) is 0 Å². The Morgan fingerprint density at radius 2 is 2.10 bits per heavy atom. The van der Waals surface area contributed by atoms with Crippen LogP contribution < -0.4 is 5.32 Å². The number of ketones is 1.